The minimum Gasteiger partial charge on any atom is -0.383 e. The van der Waals surface area contributed by atoms with Crippen molar-refractivity contribution in [2.75, 3.05) is 12.3 Å². The first-order valence-corrected chi connectivity index (χ1v) is 4.45. The van der Waals surface area contributed by atoms with Crippen LogP contribution in [0.5, 0.6) is 0 Å². The van der Waals surface area contributed by atoms with Crippen molar-refractivity contribution in [1.29, 1.82) is 0 Å². The summed E-state index contributed by atoms with van der Waals surface area (Å²) in [5.74, 6) is 0.0448. The number of hydrogen-bond acceptors (Lipinski definition) is 4. The molecule has 0 atom stereocenters. The van der Waals surface area contributed by atoms with Gasteiger partial charge >= 0.3 is 0 Å². The molecule has 14 heavy (non-hydrogen) atoms. The van der Waals surface area contributed by atoms with E-state index in [9.17, 15) is 4.79 Å². The van der Waals surface area contributed by atoms with Crippen molar-refractivity contribution in [3.05, 3.63) is 11.8 Å². The fourth-order valence-corrected chi connectivity index (χ4v) is 1.05. The highest BCUT2D eigenvalue weighted by Gasteiger charge is 2.20. The van der Waals surface area contributed by atoms with Crippen LogP contribution in [0.1, 0.15) is 31.3 Å². The second-order valence-corrected chi connectivity index (χ2v) is 4.21. The van der Waals surface area contributed by atoms with Crippen LogP contribution in [0.15, 0.2) is 6.07 Å². The Balaban J connectivity index is 3.12. The van der Waals surface area contributed by atoms with Crippen LogP contribution in [0.4, 0.5) is 5.82 Å². The van der Waals surface area contributed by atoms with E-state index in [1.54, 1.807) is 6.07 Å². The van der Waals surface area contributed by atoms with E-state index >= 15 is 0 Å². The molecule has 0 unspecified atom stereocenters. The van der Waals surface area contributed by atoms with Gasteiger partial charge in [0.1, 0.15) is 5.82 Å². The molecular formula is C9H16N4O. The van der Waals surface area contributed by atoms with Gasteiger partial charge in [0.2, 0.25) is 0 Å². The second kappa shape index (κ2) is 3.42. The monoisotopic (exact) mass is 196 g/mol. The van der Waals surface area contributed by atoms with Crippen molar-refractivity contribution in [3.63, 3.8) is 0 Å². The molecule has 0 aliphatic carbocycles. The van der Waals surface area contributed by atoms with Crippen molar-refractivity contribution in [3.8, 4) is 0 Å². The van der Waals surface area contributed by atoms with Crippen LogP contribution in [-0.2, 0) is 5.41 Å². The van der Waals surface area contributed by atoms with Crippen LogP contribution in [-0.4, -0.2) is 22.2 Å². The molecule has 4 N–H and O–H groups in total. The van der Waals surface area contributed by atoms with Gasteiger partial charge in [-0.3, -0.25) is 4.79 Å². The molecular weight excluding hydrogens is 180 g/mol. The molecule has 0 aliphatic rings. The smallest absolute Gasteiger partial charge is 0.262 e. The van der Waals surface area contributed by atoms with Crippen molar-refractivity contribution < 1.29 is 4.79 Å². The molecule has 1 aromatic heterocycles. The van der Waals surface area contributed by atoms with E-state index in [1.807, 2.05) is 20.8 Å². The number of carbonyl (C=O) groups is 1. The lowest BCUT2D eigenvalue weighted by molar-refractivity contribution is 0.0910. The SMILES string of the molecule is CC(C)(C)c1cc(N)n(C(=O)CN)n1. The third kappa shape index (κ3) is 1.93. The number of aromatic nitrogens is 2. The summed E-state index contributed by atoms with van der Waals surface area (Å²) in [5.41, 5.74) is 11.5. The zero-order valence-corrected chi connectivity index (χ0v) is 8.74. The van der Waals surface area contributed by atoms with Crippen molar-refractivity contribution in [2.45, 2.75) is 26.2 Å². The Hall–Kier alpha value is -1.36. The number of hydrogen-bond donors (Lipinski definition) is 2. The van der Waals surface area contributed by atoms with Gasteiger partial charge in [-0.25, -0.2) is 0 Å². The Morgan fingerprint density at radius 3 is 2.50 bits per heavy atom. The Morgan fingerprint density at radius 2 is 2.14 bits per heavy atom. The topological polar surface area (TPSA) is 86.9 Å². The van der Waals surface area contributed by atoms with Crippen molar-refractivity contribution >= 4 is 11.7 Å². The molecule has 1 aromatic rings. The molecule has 0 aromatic carbocycles. The first kappa shape index (κ1) is 10.7. The Bertz CT molecular complexity index is 348. The molecule has 78 valence electrons. The number of carbonyl (C=O) groups excluding carboxylic acids is 1. The van der Waals surface area contributed by atoms with Gasteiger partial charge in [0.15, 0.2) is 0 Å². The van der Waals surface area contributed by atoms with Crippen LogP contribution in [0.2, 0.25) is 0 Å². The summed E-state index contributed by atoms with van der Waals surface area (Å²) in [6.07, 6.45) is 0. The van der Waals surface area contributed by atoms with Gasteiger partial charge in [-0.2, -0.15) is 9.78 Å². The molecule has 0 bridgehead atoms. The maximum Gasteiger partial charge on any atom is 0.262 e. The van der Waals surface area contributed by atoms with Crippen LogP contribution < -0.4 is 11.5 Å². The Morgan fingerprint density at radius 1 is 1.57 bits per heavy atom. The zero-order chi connectivity index (χ0) is 10.9. The van der Waals surface area contributed by atoms with Gasteiger partial charge in [0, 0.05) is 11.5 Å². The largest absolute Gasteiger partial charge is 0.383 e. The lowest BCUT2D eigenvalue weighted by Crippen LogP contribution is -2.24. The van der Waals surface area contributed by atoms with Crippen LogP contribution in [0.3, 0.4) is 0 Å². The fraction of sp³-hybridized carbons (Fsp3) is 0.556. The number of nitrogen functional groups attached to an aromatic ring is 1. The van der Waals surface area contributed by atoms with E-state index in [2.05, 4.69) is 5.10 Å². The lowest BCUT2D eigenvalue weighted by atomic mass is 9.92. The predicted octanol–water partition coefficient (Wildman–Crippen LogP) is 0.362. The highest BCUT2D eigenvalue weighted by Crippen LogP contribution is 2.22. The fourth-order valence-electron chi connectivity index (χ4n) is 1.05. The molecule has 0 saturated carbocycles. The highest BCUT2D eigenvalue weighted by atomic mass is 16.2. The van der Waals surface area contributed by atoms with Gasteiger partial charge in [0.25, 0.3) is 5.91 Å². The number of anilines is 1. The third-order valence-corrected chi connectivity index (χ3v) is 1.92. The van der Waals surface area contributed by atoms with E-state index in [-0.39, 0.29) is 17.9 Å². The average molecular weight is 196 g/mol. The summed E-state index contributed by atoms with van der Waals surface area (Å²) in [6, 6.07) is 1.70. The molecule has 0 fully saturated rings. The zero-order valence-electron chi connectivity index (χ0n) is 8.74. The minimum atomic E-state index is -0.294. The summed E-state index contributed by atoms with van der Waals surface area (Å²) in [4.78, 5) is 11.3. The molecule has 0 aliphatic heterocycles. The standard InChI is InChI=1S/C9H16N4O/c1-9(2,3)6-4-7(11)13(12-6)8(14)5-10/h4H,5,10-11H2,1-3H3. The van der Waals surface area contributed by atoms with Crippen LogP contribution in [0, 0.1) is 0 Å². The summed E-state index contributed by atoms with van der Waals surface area (Å²) >= 11 is 0. The van der Waals surface area contributed by atoms with Gasteiger partial charge in [0.05, 0.1) is 12.2 Å². The second-order valence-electron chi connectivity index (χ2n) is 4.21. The first-order valence-electron chi connectivity index (χ1n) is 4.45. The van der Waals surface area contributed by atoms with E-state index in [1.165, 1.54) is 0 Å². The van der Waals surface area contributed by atoms with E-state index < -0.39 is 0 Å². The van der Waals surface area contributed by atoms with Crippen LogP contribution in [0.25, 0.3) is 0 Å². The van der Waals surface area contributed by atoms with Gasteiger partial charge < -0.3 is 11.5 Å². The summed E-state index contributed by atoms with van der Waals surface area (Å²) in [5, 5.41) is 4.11. The molecule has 5 nitrogen and oxygen atoms in total. The Labute approximate surface area is 83.1 Å². The van der Waals surface area contributed by atoms with E-state index in [0.29, 0.717) is 5.82 Å². The van der Waals surface area contributed by atoms with E-state index in [0.717, 1.165) is 10.4 Å². The minimum absolute atomic E-state index is 0.0878. The highest BCUT2D eigenvalue weighted by molar-refractivity contribution is 5.82. The number of rotatable bonds is 1. The molecule has 1 heterocycles. The van der Waals surface area contributed by atoms with Crippen molar-refractivity contribution in [2.24, 2.45) is 5.73 Å². The van der Waals surface area contributed by atoms with E-state index in [4.69, 9.17) is 11.5 Å². The van der Waals surface area contributed by atoms with Crippen molar-refractivity contribution in [1.82, 2.24) is 9.78 Å². The predicted molar refractivity (Wildman–Crippen MR) is 55.0 cm³/mol. The maximum absolute atomic E-state index is 11.3. The van der Waals surface area contributed by atoms with Gasteiger partial charge in [-0.05, 0) is 0 Å². The molecule has 0 amide bonds. The summed E-state index contributed by atoms with van der Waals surface area (Å²) in [6.45, 7) is 5.93. The summed E-state index contributed by atoms with van der Waals surface area (Å²) in [7, 11) is 0. The van der Waals surface area contributed by atoms with Crippen LogP contribution >= 0.6 is 0 Å². The molecule has 1 rings (SSSR count). The molecule has 0 radical (unpaired) electrons. The van der Waals surface area contributed by atoms with Gasteiger partial charge in [-0.15, -0.1) is 0 Å². The average Bonchev–Trinajstić information content (AvgIpc) is 2.45. The normalized spacial score (nSPS) is 11.7. The van der Waals surface area contributed by atoms with Gasteiger partial charge in [-0.1, -0.05) is 20.8 Å². The molecule has 0 saturated heterocycles. The number of nitrogens with two attached hydrogens (primary N) is 2. The third-order valence-electron chi connectivity index (χ3n) is 1.92. The quantitative estimate of drug-likeness (QED) is 0.679. The number of nitrogens with zero attached hydrogens (tertiary/aromatic N) is 2. The molecule has 5 heteroatoms. The molecule has 0 spiro atoms. The summed E-state index contributed by atoms with van der Waals surface area (Å²) < 4.78 is 1.15. The first-order chi connectivity index (χ1) is 6.36. The lowest BCUT2D eigenvalue weighted by Gasteiger charge is -2.13. The Kier molecular flexibility index (Phi) is 2.62. The maximum atomic E-state index is 11.3.